The van der Waals surface area contributed by atoms with Gasteiger partial charge in [0.1, 0.15) is 0 Å². The molecule has 0 aliphatic heterocycles. The summed E-state index contributed by atoms with van der Waals surface area (Å²) in [6.07, 6.45) is 1.88. The summed E-state index contributed by atoms with van der Waals surface area (Å²) in [6, 6.07) is 6.08. The summed E-state index contributed by atoms with van der Waals surface area (Å²) in [5.41, 5.74) is 1.16. The highest BCUT2D eigenvalue weighted by Gasteiger charge is 2.29. The molecular formula is C17H22N2O4. The highest BCUT2D eigenvalue weighted by molar-refractivity contribution is 6.02. The van der Waals surface area contributed by atoms with E-state index in [1.807, 2.05) is 0 Å². The molecule has 1 aromatic carbocycles. The Labute approximate surface area is 135 Å². The van der Waals surface area contributed by atoms with Crippen molar-refractivity contribution < 1.29 is 19.1 Å². The second kappa shape index (κ2) is 7.87. The van der Waals surface area contributed by atoms with Crippen molar-refractivity contribution in [3.63, 3.8) is 0 Å². The molecule has 1 unspecified atom stereocenters. The Hall–Kier alpha value is -2.21. The third kappa shape index (κ3) is 4.89. The second-order valence-corrected chi connectivity index (χ2v) is 5.56. The standard InChI is InChI=1S/C17H22N2O4/c1-3-23-15(20)10-14(18-2)16(21)11-6-8-13(9-7-11)19-17(22)12-4-5-12/h6-9,12,14,18H,3-5,10H2,1-2H3,(H,19,22). The first-order valence-corrected chi connectivity index (χ1v) is 7.83. The Morgan fingerprint density at radius 2 is 1.87 bits per heavy atom. The lowest BCUT2D eigenvalue weighted by Gasteiger charge is -2.14. The van der Waals surface area contributed by atoms with Crippen molar-refractivity contribution in [2.24, 2.45) is 5.92 Å². The number of hydrogen-bond donors (Lipinski definition) is 2. The minimum atomic E-state index is -0.624. The maximum Gasteiger partial charge on any atom is 0.307 e. The van der Waals surface area contributed by atoms with Gasteiger partial charge in [0, 0.05) is 17.2 Å². The number of Topliss-reactive ketones (excluding diaryl/α,β-unsaturated/α-hetero) is 1. The first kappa shape index (κ1) is 17.1. The second-order valence-electron chi connectivity index (χ2n) is 5.56. The van der Waals surface area contributed by atoms with E-state index in [2.05, 4.69) is 10.6 Å². The fourth-order valence-electron chi connectivity index (χ4n) is 2.22. The van der Waals surface area contributed by atoms with Crippen molar-refractivity contribution in [2.45, 2.75) is 32.2 Å². The molecule has 0 radical (unpaired) electrons. The van der Waals surface area contributed by atoms with Crippen LogP contribution in [0.15, 0.2) is 24.3 Å². The Bertz CT molecular complexity index is 579. The molecule has 1 aromatic rings. The van der Waals surface area contributed by atoms with Crippen molar-refractivity contribution in [2.75, 3.05) is 19.0 Å². The van der Waals surface area contributed by atoms with E-state index in [-0.39, 0.29) is 24.0 Å². The van der Waals surface area contributed by atoms with Crippen molar-refractivity contribution in [3.05, 3.63) is 29.8 Å². The zero-order chi connectivity index (χ0) is 16.8. The number of rotatable bonds is 8. The smallest absolute Gasteiger partial charge is 0.307 e. The molecular weight excluding hydrogens is 296 g/mol. The molecule has 1 atom stereocenters. The van der Waals surface area contributed by atoms with Crippen LogP contribution in [0.1, 0.15) is 36.5 Å². The zero-order valence-corrected chi connectivity index (χ0v) is 13.4. The predicted molar refractivity (Wildman–Crippen MR) is 86.2 cm³/mol. The quantitative estimate of drug-likeness (QED) is 0.563. The molecule has 6 nitrogen and oxygen atoms in total. The molecule has 0 aromatic heterocycles. The minimum Gasteiger partial charge on any atom is -0.466 e. The minimum absolute atomic E-state index is 0.0106. The first-order valence-electron chi connectivity index (χ1n) is 7.83. The lowest BCUT2D eigenvalue weighted by molar-refractivity contribution is -0.143. The van der Waals surface area contributed by atoms with Crippen LogP contribution in [-0.2, 0) is 14.3 Å². The number of benzene rings is 1. The maximum absolute atomic E-state index is 12.4. The number of carbonyl (C=O) groups excluding carboxylic acids is 3. The van der Waals surface area contributed by atoms with E-state index in [0.717, 1.165) is 12.8 Å². The summed E-state index contributed by atoms with van der Waals surface area (Å²) in [5.74, 6) is -0.428. The lowest BCUT2D eigenvalue weighted by Crippen LogP contribution is -2.36. The Balaban J connectivity index is 1.97. The normalized spacial score (nSPS) is 14.9. The van der Waals surface area contributed by atoms with E-state index in [9.17, 15) is 14.4 Å². The average molecular weight is 318 g/mol. The summed E-state index contributed by atoms with van der Waals surface area (Å²) in [5, 5.41) is 5.66. The van der Waals surface area contributed by atoms with Gasteiger partial charge in [-0.15, -0.1) is 0 Å². The third-order valence-electron chi connectivity index (χ3n) is 3.73. The number of likely N-dealkylation sites (N-methyl/N-ethyl adjacent to an activating group) is 1. The number of nitrogens with one attached hydrogen (secondary N) is 2. The molecule has 1 fully saturated rings. The van der Waals surface area contributed by atoms with Gasteiger partial charge in [-0.1, -0.05) is 0 Å². The summed E-state index contributed by atoms with van der Waals surface area (Å²) in [7, 11) is 1.63. The largest absolute Gasteiger partial charge is 0.466 e. The van der Waals surface area contributed by atoms with Crippen molar-refractivity contribution in [1.29, 1.82) is 0 Å². The van der Waals surface area contributed by atoms with E-state index >= 15 is 0 Å². The molecule has 1 saturated carbocycles. The molecule has 0 heterocycles. The molecule has 0 bridgehead atoms. The van der Waals surface area contributed by atoms with Crippen molar-refractivity contribution in [3.8, 4) is 0 Å². The lowest BCUT2D eigenvalue weighted by atomic mass is 10.0. The molecule has 0 spiro atoms. The number of hydrogen-bond acceptors (Lipinski definition) is 5. The Morgan fingerprint density at radius 1 is 1.22 bits per heavy atom. The monoisotopic (exact) mass is 318 g/mol. The van der Waals surface area contributed by atoms with E-state index in [1.54, 1.807) is 38.2 Å². The van der Waals surface area contributed by atoms with Gasteiger partial charge in [0.05, 0.1) is 19.1 Å². The van der Waals surface area contributed by atoms with E-state index in [0.29, 0.717) is 17.9 Å². The molecule has 0 saturated heterocycles. The van der Waals surface area contributed by atoms with E-state index in [1.165, 1.54) is 0 Å². The fourth-order valence-corrected chi connectivity index (χ4v) is 2.22. The summed E-state index contributed by atoms with van der Waals surface area (Å²) in [4.78, 5) is 35.6. The van der Waals surface area contributed by atoms with Crippen molar-refractivity contribution in [1.82, 2.24) is 5.32 Å². The van der Waals surface area contributed by atoms with Gasteiger partial charge in [-0.2, -0.15) is 0 Å². The van der Waals surface area contributed by atoms with Gasteiger partial charge in [0.25, 0.3) is 0 Å². The van der Waals surface area contributed by atoms with Gasteiger partial charge >= 0.3 is 5.97 Å². The fraction of sp³-hybridized carbons (Fsp3) is 0.471. The molecule has 124 valence electrons. The molecule has 2 N–H and O–H groups in total. The van der Waals surface area contributed by atoms with Gasteiger partial charge in [-0.25, -0.2) is 0 Å². The van der Waals surface area contributed by atoms with E-state index in [4.69, 9.17) is 4.74 Å². The van der Waals surface area contributed by atoms with Crippen LogP contribution in [0.25, 0.3) is 0 Å². The Morgan fingerprint density at radius 3 is 2.39 bits per heavy atom. The van der Waals surface area contributed by atoms with Gasteiger partial charge in [-0.3, -0.25) is 14.4 Å². The van der Waals surface area contributed by atoms with Gasteiger partial charge in [0.15, 0.2) is 5.78 Å². The van der Waals surface area contributed by atoms with Crippen LogP contribution in [0, 0.1) is 5.92 Å². The summed E-state index contributed by atoms with van der Waals surface area (Å²) < 4.78 is 4.87. The molecule has 1 amide bonds. The molecule has 1 aliphatic carbocycles. The van der Waals surface area contributed by atoms with Crippen LogP contribution in [0.5, 0.6) is 0 Å². The summed E-state index contributed by atoms with van der Waals surface area (Å²) >= 11 is 0. The number of anilines is 1. The Kier molecular flexibility index (Phi) is 5.87. The molecule has 6 heteroatoms. The molecule has 1 aliphatic rings. The zero-order valence-electron chi connectivity index (χ0n) is 13.4. The van der Waals surface area contributed by atoms with Gasteiger partial charge in [-0.05, 0) is 51.1 Å². The highest BCUT2D eigenvalue weighted by atomic mass is 16.5. The number of amides is 1. The number of carbonyl (C=O) groups is 3. The van der Waals surface area contributed by atoms with Crippen LogP contribution >= 0.6 is 0 Å². The highest BCUT2D eigenvalue weighted by Crippen LogP contribution is 2.30. The van der Waals surface area contributed by atoms with Crippen LogP contribution < -0.4 is 10.6 Å². The van der Waals surface area contributed by atoms with Crippen LogP contribution in [-0.4, -0.2) is 37.4 Å². The maximum atomic E-state index is 12.4. The average Bonchev–Trinajstić information content (AvgIpc) is 3.38. The van der Waals surface area contributed by atoms with Crippen LogP contribution in [0.3, 0.4) is 0 Å². The van der Waals surface area contributed by atoms with Gasteiger partial charge < -0.3 is 15.4 Å². The first-order chi connectivity index (χ1) is 11.0. The van der Waals surface area contributed by atoms with Gasteiger partial charge in [0.2, 0.25) is 5.91 Å². The molecule has 23 heavy (non-hydrogen) atoms. The van der Waals surface area contributed by atoms with Crippen LogP contribution in [0.2, 0.25) is 0 Å². The van der Waals surface area contributed by atoms with Crippen LogP contribution in [0.4, 0.5) is 5.69 Å². The summed E-state index contributed by atoms with van der Waals surface area (Å²) in [6.45, 7) is 2.02. The number of ether oxygens (including phenoxy) is 1. The number of ketones is 1. The predicted octanol–water partition coefficient (Wildman–Crippen LogP) is 1.76. The topological polar surface area (TPSA) is 84.5 Å². The number of esters is 1. The third-order valence-corrected chi connectivity index (χ3v) is 3.73. The van der Waals surface area contributed by atoms with Crippen molar-refractivity contribution >= 4 is 23.3 Å². The SMILES string of the molecule is CCOC(=O)CC(NC)C(=O)c1ccc(NC(=O)C2CC2)cc1. The molecule has 2 rings (SSSR count). The van der Waals surface area contributed by atoms with E-state index < -0.39 is 12.0 Å².